The Hall–Kier alpha value is -1.65. The Balaban J connectivity index is 2.03. The number of anilines is 1. The maximum Gasteiger partial charge on any atom is 0.265 e. The largest absolute Gasteiger partial charge is 0.384 e. The Labute approximate surface area is 110 Å². The SMILES string of the molecule is COCCc1cccc(NC(=O)c2cccs2)c1. The van der Waals surface area contributed by atoms with Crippen molar-refractivity contribution in [3.8, 4) is 0 Å². The Kier molecular flexibility index (Phi) is 4.50. The van der Waals surface area contributed by atoms with Crippen LogP contribution in [0.4, 0.5) is 5.69 Å². The molecule has 0 saturated carbocycles. The van der Waals surface area contributed by atoms with E-state index in [4.69, 9.17) is 4.74 Å². The Morgan fingerprint density at radius 2 is 2.22 bits per heavy atom. The molecule has 2 rings (SSSR count). The zero-order chi connectivity index (χ0) is 12.8. The van der Waals surface area contributed by atoms with Gasteiger partial charge in [0, 0.05) is 12.8 Å². The van der Waals surface area contributed by atoms with Crippen LogP contribution in [0.5, 0.6) is 0 Å². The van der Waals surface area contributed by atoms with E-state index in [1.165, 1.54) is 11.3 Å². The minimum Gasteiger partial charge on any atom is -0.384 e. The van der Waals surface area contributed by atoms with Gasteiger partial charge in [-0.3, -0.25) is 4.79 Å². The lowest BCUT2D eigenvalue weighted by atomic mass is 10.1. The Morgan fingerprint density at radius 1 is 1.33 bits per heavy atom. The second-order valence-corrected chi connectivity index (χ2v) is 4.82. The van der Waals surface area contributed by atoms with E-state index in [9.17, 15) is 4.79 Å². The molecule has 0 aliphatic heterocycles. The van der Waals surface area contributed by atoms with Crippen molar-refractivity contribution in [2.45, 2.75) is 6.42 Å². The van der Waals surface area contributed by atoms with Crippen LogP contribution in [0.3, 0.4) is 0 Å². The van der Waals surface area contributed by atoms with Crippen LogP contribution in [-0.4, -0.2) is 19.6 Å². The van der Waals surface area contributed by atoms with E-state index >= 15 is 0 Å². The van der Waals surface area contributed by atoms with E-state index in [0.717, 1.165) is 22.5 Å². The molecule has 0 unspecified atom stereocenters. The quantitative estimate of drug-likeness (QED) is 0.897. The summed E-state index contributed by atoms with van der Waals surface area (Å²) in [7, 11) is 1.68. The topological polar surface area (TPSA) is 38.3 Å². The summed E-state index contributed by atoms with van der Waals surface area (Å²) < 4.78 is 5.04. The van der Waals surface area contributed by atoms with Crippen LogP contribution in [-0.2, 0) is 11.2 Å². The fraction of sp³-hybridized carbons (Fsp3) is 0.214. The molecule has 18 heavy (non-hydrogen) atoms. The first-order valence-electron chi connectivity index (χ1n) is 5.72. The first-order chi connectivity index (χ1) is 8.79. The standard InChI is InChI=1S/C14H15NO2S/c1-17-8-7-11-4-2-5-12(10-11)15-14(16)13-6-3-9-18-13/h2-6,9-10H,7-8H2,1H3,(H,15,16). The molecule has 0 aliphatic rings. The lowest BCUT2D eigenvalue weighted by Gasteiger charge is -2.06. The molecule has 1 aromatic carbocycles. The molecular weight excluding hydrogens is 246 g/mol. The fourth-order valence-electron chi connectivity index (χ4n) is 1.62. The Morgan fingerprint density at radius 3 is 2.94 bits per heavy atom. The highest BCUT2D eigenvalue weighted by molar-refractivity contribution is 7.12. The van der Waals surface area contributed by atoms with Crippen LogP contribution < -0.4 is 5.32 Å². The van der Waals surface area contributed by atoms with Gasteiger partial charge in [-0.2, -0.15) is 0 Å². The number of methoxy groups -OCH3 is 1. The smallest absolute Gasteiger partial charge is 0.265 e. The average Bonchev–Trinajstić information content (AvgIpc) is 2.91. The monoisotopic (exact) mass is 261 g/mol. The molecule has 0 fully saturated rings. The zero-order valence-electron chi connectivity index (χ0n) is 10.2. The molecule has 3 nitrogen and oxygen atoms in total. The zero-order valence-corrected chi connectivity index (χ0v) is 11.0. The molecule has 1 amide bonds. The number of hydrogen-bond acceptors (Lipinski definition) is 3. The Bertz CT molecular complexity index is 508. The minimum atomic E-state index is -0.0612. The van der Waals surface area contributed by atoms with Crippen LogP contribution >= 0.6 is 11.3 Å². The molecule has 2 aromatic rings. The van der Waals surface area contributed by atoms with Crippen molar-refractivity contribution in [3.63, 3.8) is 0 Å². The van der Waals surface area contributed by atoms with Crippen LogP contribution in [0.25, 0.3) is 0 Å². The summed E-state index contributed by atoms with van der Waals surface area (Å²) >= 11 is 1.44. The summed E-state index contributed by atoms with van der Waals surface area (Å²) in [6.45, 7) is 0.683. The van der Waals surface area contributed by atoms with Gasteiger partial charge in [0.15, 0.2) is 0 Å². The summed E-state index contributed by atoms with van der Waals surface area (Å²) in [6.07, 6.45) is 0.846. The molecule has 0 radical (unpaired) electrons. The third-order valence-corrected chi connectivity index (χ3v) is 3.39. The number of amides is 1. The van der Waals surface area contributed by atoms with Gasteiger partial charge in [-0.25, -0.2) is 0 Å². The van der Waals surface area contributed by atoms with E-state index in [1.807, 2.05) is 41.8 Å². The first-order valence-corrected chi connectivity index (χ1v) is 6.60. The van der Waals surface area contributed by atoms with Crippen molar-refractivity contribution in [3.05, 3.63) is 52.2 Å². The van der Waals surface area contributed by atoms with Gasteiger partial charge >= 0.3 is 0 Å². The van der Waals surface area contributed by atoms with Crippen molar-refractivity contribution < 1.29 is 9.53 Å². The number of carbonyl (C=O) groups is 1. The first kappa shape index (κ1) is 12.8. The molecule has 0 bridgehead atoms. The van der Waals surface area contributed by atoms with Gasteiger partial charge in [0.1, 0.15) is 0 Å². The predicted octanol–water partition coefficient (Wildman–Crippen LogP) is 3.19. The van der Waals surface area contributed by atoms with E-state index in [0.29, 0.717) is 6.61 Å². The van der Waals surface area contributed by atoms with Gasteiger partial charge in [-0.15, -0.1) is 11.3 Å². The summed E-state index contributed by atoms with van der Waals surface area (Å²) in [4.78, 5) is 12.6. The van der Waals surface area contributed by atoms with Crippen LogP contribution in [0, 0.1) is 0 Å². The molecule has 0 atom stereocenters. The van der Waals surface area contributed by atoms with Gasteiger partial charge in [-0.1, -0.05) is 18.2 Å². The van der Waals surface area contributed by atoms with Gasteiger partial charge in [0.25, 0.3) is 5.91 Å². The molecule has 4 heteroatoms. The molecule has 1 aromatic heterocycles. The average molecular weight is 261 g/mol. The number of benzene rings is 1. The number of rotatable bonds is 5. The molecule has 1 N–H and O–H groups in total. The van der Waals surface area contributed by atoms with Crippen molar-refractivity contribution in [2.24, 2.45) is 0 Å². The number of hydrogen-bond donors (Lipinski definition) is 1. The van der Waals surface area contributed by atoms with Crippen molar-refractivity contribution in [1.82, 2.24) is 0 Å². The third kappa shape index (κ3) is 3.42. The van der Waals surface area contributed by atoms with Crippen LogP contribution in [0.1, 0.15) is 15.2 Å². The summed E-state index contributed by atoms with van der Waals surface area (Å²) in [5.74, 6) is -0.0612. The lowest BCUT2D eigenvalue weighted by molar-refractivity contribution is 0.103. The number of carbonyl (C=O) groups excluding carboxylic acids is 1. The van der Waals surface area contributed by atoms with Crippen LogP contribution in [0.15, 0.2) is 41.8 Å². The number of thiophene rings is 1. The minimum absolute atomic E-state index is 0.0612. The van der Waals surface area contributed by atoms with E-state index in [-0.39, 0.29) is 5.91 Å². The molecular formula is C14H15NO2S. The molecule has 0 spiro atoms. The number of ether oxygens (including phenoxy) is 1. The van der Waals surface area contributed by atoms with Gasteiger partial charge in [-0.05, 0) is 35.6 Å². The highest BCUT2D eigenvalue weighted by Gasteiger charge is 2.06. The lowest BCUT2D eigenvalue weighted by Crippen LogP contribution is -2.10. The van der Waals surface area contributed by atoms with Crippen molar-refractivity contribution in [1.29, 1.82) is 0 Å². The maximum atomic E-state index is 11.9. The maximum absolute atomic E-state index is 11.9. The van der Waals surface area contributed by atoms with Crippen LogP contribution in [0.2, 0.25) is 0 Å². The predicted molar refractivity (Wildman–Crippen MR) is 74.3 cm³/mol. The van der Waals surface area contributed by atoms with Gasteiger partial charge in [0.05, 0.1) is 11.5 Å². The van der Waals surface area contributed by atoms with Gasteiger partial charge < -0.3 is 10.1 Å². The second kappa shape index (κ2) is 6.33. The second-order valence-electron chi connectivity index (χ2n) is 3.87. The fourth-order valence-corrected chi connectivity index (χ4v) is 2.24. The summed E-state index contributed by atoms with van der Waals surface area (Å²) in [6, 6.07) is 11.5. The summed E-state index contributed by atoms with van der Waals surface area (Å²) in [5, 5.41) is 4.78. The van der Waals surface area contributed by atoms with Crippen molar-refractivity contribution >= 4 is 22.9 Å². The third-order valence-electron chi connectivity index (χ3n) is 2.52. The molecule has 0 aliphatic carbocycles. The van der Waals surface area contributed by atoms with Gasteiger partial charge in [0.2, 0.25) is 0 Å². The highest BCUT2D eigenvalue weighted by Crippen LogP contribution is 2.15. The summed E-state index contributed by atoms with van der Waals surface area (Å²) in [5.41, 5.74) is 1.97. The number of nitrogens with one attached hydrogen (secondary N) is 1. The van der Waals surface area contributed by atoms with E-state index < -0.39 is 0 Å². The highest BCUT2D eigenvalue weighted by atomic mass is 32.1. The van der Waals surface area contributed by atoms with E-state index in [2.05, 4.69) is 5.32 Å². The molecule has 0 saturated heterocycles. The van der Waals surface area contributed by atoms with Crippen molar-refractivity contribution in [2.75, 3.05) is 19.0 Å². The van der Waals surface area contributed by atoms with E-state index in [1.54, 1.807) is 7.11 Å². The molecule has 94 valence electrons. The normalized spacial score (nSPS) is 10.3. The molecule has 1 heterocycles.